The second kappa shape index (κ2) is 8.44. The second-order valence-electron chi connectivity index (χ2n) is 5.56. The molecule has 0 fully saturated rings. The normalized spacial score (nSPS) is 11.8. The zero-order chi connectivity index (χ0) is 16.7. The molecule has 124 valence electrons. The maximum Gasteiger partial charge on any atom is 0.122 e. The number of methoxy groups -OCH3 is 3. The van der Waals surface area contributed by atoms with Crippen LogP contribution in [0.25, 0.3) is 0 Å². The van der Waals surface area contributed by atoms with Crippen molar-refractivity contribution in [3.8, 4) is 17.2 Å². The summed E-state index contributed by atoms with van der Waals surface area (Å²) in [5, 5.41) is 3.54. The molecule has 4 heteroatoms. The van der Waals surface area contributed by atoms with E-state index in [1.165, 1.54) is 5.56 Å². The lowest BCUT2D eigenvalue weighted by Crippen LogP contribution is -2.27. The average Bonchev–Trinajstić information content (AvgIpc) is 2.60. The first-order valence-corrected chi connectivity index (χ1v) is 7.73. The summed E-state index contributed by atoms with van der Waals surface area (Å²) in [5.74, 6) is 2.51. The van der Waals surface area contributed by atoms with Crippen LogP contribution in [0.1, 0.15) is 18.1 Å². The molecule has 0 unspecified atom stereocenters. The van der Waals surface area contributed by atoms with Crippen molar-refractivity contribution in [3.63, 3.8) is 0 Å². The summed E-state index contributed by atoms with van der Waals surface area (Å²) >= 11 is 0. The van der Waals surface area contributed by atoms with Crippen molar-refractivity contribution in [1.82, 2.24) is 5.32 Å². The molecular formula is C19H25NO3. The monoisotopic (exact) mass is 315 g/mol. The number of hydrogen-bond acceptors (Lipinski definition) is 4. The van der Waals surface area contributed by atoms with Crippen LogP contribution in [0.15, 0.2) is 42.5 Å². The highest BCUT2D eigenvalue weighted by Gasteiger charge is 2.06. The lowest BCUT2D eigenvalue weighted by Gasteiger charge is -2.15. The van der Waals surface area contributed by atoms with Crippen molar-refractivity contribution in [1.29, 1.82) is 0 Å². The summed E-state index contributed by atoms with van der Waals surface area (Å²) in [6, 6.07) is 14.5. The summed E-state index contributed by atoms with van der Waals surface area (Å²) in [6.07, 6.45) is 0.963. The fourth-order valence-corrected chi connectivity index (χ4v) is 2.45. The van der Waals surface area contributed by atoms with E-state index in [0.717, 1.165) is 35.8 Å². The zero-order valence-corrected chi connectivity index (χ0v) is 14.3. The molecule has 0 saturated carbocycles. The first kappa shape index (κ1) is 17.2. The van der Waals surface area contributed by atoms with Crippen LogP contribution < -0.4 is 19.5 Å². The van der Waals surface area contributed by atoms with E-state index in [9.17, 15) is 0 Å². The van der Waals surface area contributed by atoms with Crippen LogP contribution in [-0.2, 0) is 13.0 Å². The molecule has 0 bridgehead atoms. The summed E-state index contributed by atoms with van der Waals surface area (Å²) in [7, 11) is 5.01. The first-order valence-electron chi connectivity index (χ1n) is 7.73. The molecule has 0 aliphatic carbocycles. The molecule has 0 spiro atoms. The topological polar surface area (TPSA) is 39.7 Å². The van der Waals surface area contributed by atoms with Crippen LogP contribution in [0.4, 0.5) is 0 Å². The summed E-state index contributed by atoms with van der Waals surface area (Å²) in [5.41, 5.74) is 2.43. The standard InChI is InChI=1S/C19H25NO3/c1-14(9-15-5-7-17(21-2)8-6-15)20-13-16-10-18(22-3)12-19(11-16)23-4/h5-8,10-12,14,20H,9,13H2,1-4H3/t14-/m1/s1. The van der Waals surface area contributed by atoms with Crippen LogP contribution in [0, 0.1) is 0 Å². The second-order valence-corrected chi connectivity index (χ2v) is 5.56. The molecule has 2 aromatic rings. The van der Waals surface area contributed by atoms with Gasteiger partial charge in [0, 0.05) is 18.7 Å². The number of nitrogens with one attached hydrogen (secondary N) is 1. The molecule has 1 atom stereocenters. The lowest BCUT2D eigenvalue weighted by molar-refractivity contribution is 0.392. The van der Waals surface area contributed by atoms with Gasteiger partial charge in [0.2, 0.25) is 0 Å². The largest absolute Gasteiger partial charge is 0.497 e. The molecule has 23 heavy (non-hydrogen) atoms. The van der Waals surface area contributed by atoms with E-state index in [2.05, 4.69) is 24.4 Å². The van der Waals surface area contributed by atoms with Gasteiger partial charge < -0.3 is 19.5 Å². The van der Waals surface area contributed by atoms with Crippen LogP contribution in [-0.4, -0.2) is 27.4 Å². The molecule has 2 aromatic carbocycles. The highest BCUT2D eigenvalue weighted by atomic mass is 16.5. The Morgan fingerprint density at radius 1 is 0.783 bits per heavy atom. The minimum Gasteiger partial charge on any atom is -0.497 e. The summed E-state index contributed by atoms with van der Waals surface area (Å²) < 4.78 is 15.8. The fourth-order valence-electron chi connectivity index (χ4n) is 2.45. The molecule has 0 saturated heterocycles. The predicted octanol–water partition coefficient (Wildman–Crippen LogP) is 3.43. The highest BCUT2D eigenvalue weighted by Crippen LogP contribution is 2.22. The smallest absolute Gasteiger partial charge is 0.122 e. The Labute approximate surface area is 138 Å². The number of hydrogen-bond donors (Lipinski definition) is 1. The number of rotatable bonds is 8. The minimum atomic E-state index is 0.362. The summed E-state index contributed by atoms with van der Waals surface area (Å²) in [4.78, 5) is 0. The van der Waals surface area contributed by atoms with Crippen molar-refractivity contribution < 1.29 is 14.2 Å². The van der Waals surface area contributed by atoms with Gasteiger partial charge in [0.25, 0.3) is 0 Å². The van der Waals surface area contributed by atoms with Gasteiger partial charge >= 0.3 is 0 Å². The predicted molar refractivity (Wildman–Crippen MR) is 92.5 cm³/mol. The molecule has 0 amide bonds. The van der Waals surface area contributed by atoms with Gasteiger partial charge in [-0.1, -0.05) is 12.1 Å². The van der Waals surface area contributed by atoms with E-state index in [4.69, 9.17) is 14.2 Å². The van der Waals surface area contributed by atoms with Crippen LogP contribution in [0.3, 0.4) is 0 Å². The van der Waals surface area contributed by atoms with Crippen molar-refractivity contribution in [2.75, 3.05) is 21.3 Å². The van der Waals surface area contributed by atoms with E-state index in [1.54, 1.807) is 21.3 Å². The van der Waals surface area contributed by atoms with E-state index in [1.807, 2.05) is 30.3 Å². The molecule has 0 aromatic heterocycles. The quantitative estimate of drug-likeness (QED) is 0.810. The van der Waals surface area contributed by atoms with Crippen molar-refractivity contribution in [2.24, 2.45) is 0 Å². The van der Waals surface area contributed by atoms with Gasteiger partial charge in [0.05, 0.1) is 21.3 Å². The number of benzene rings is 2. The van der Waals surface area contributed by atoms with Crippen molar-refractivity contribution in [2.45, 2.75) is 25.9 Å². The van der Waals surface area contributed by atoms with Gasteiger partial charge in [-0.3, -0.25) is 0 Å². The lowest BCUT2D eigenvalue weighted by atomic mass is 10.1. The molecule has 0 aliphatic heterocycles. The van der Waals surface area contributed by atoms with Gasteiger partial charge in [-0.05, 0) is 48.7 Å². The summed E-state index contributed by atoms with van der Waals surface area (Å²) in [6.45, 7) is 2.95. The Morgan fingerprint density at radius 2 is 1.35 bits per heavy atom. The van der Waals surface area contributed by atoms with Crippen molar-refractivity contribution >= 4 is 0 Å². The fraction of sp³-hybridized carbons (Fsp3) is 0.368. The Kier molecular flexibility index (Phi) is 6.29. The van der Waals surface area contributed by atoms with Gasteiger partial charge in [-0.25, -0.2) is 0 Å². The van der Waals surface area contributed by atoms with Gasteiger partial charge in [0.1, 0.15) is 17.2 Å². The third kappa shape index (κ3) is 5.18. The third-order valence-electron chi connectivity index (χ3n) is 3.77. The molecular weight excluding hydrogens is 290 g/mol. The first-order chi connectivity index (χ1) is 11.1. The number of ether oxygens (including phenoxy) is 3. The molecule has 1 N–H and O–H groups in total. The van der Waals surface area contributed by atoms with E-state index in [-0.39, 0.29) is 0 Å². The van der Waals surface area contributed by atoms with Crippen molar-refractivity contribution in [3.05, 3.63) is 53.6 Å². The zero-order valence-electron chi connectivity index (χ0n) is 14.3. The Balaban J connectivity index is 1.91. The van der Waals surface area contributed by atoms with E-state index in [0.29, 0.717) is 6.04 Å². The Hall–Kier alpha value is -2.20. The SMILES string of the molecule is COc1ccc(C[C@@H](C)NCc2cc(OC)cc(OC)c2)cc1. The molecule has 4 nitrogen and oxygen atoms in total. The van der Waals surface area contributed by atoms with Gasteiger partial charge in [-0.2, -0.15) is 0 Å². The molecule has 2 rings (SSSR count). The van der Waals surface area contributed by atoms with E-state index >= 15 is 0 Å². The third-order valence-corrected chi connectivity index (χ3v) is 3.77. The van der Waals surface area contributed by atoms with Gasteiger partial charge in [0.15, 0.2) is 0 Å². The maximum absolute atomic E-state index is 5.30. The van der Waals surface area contributed by atoms with E-state index < -0.39 is 0 Å². The highest BCUT2D eigenvalue weighted by molar-refractivity contribution is 5.38. The molecule has 0 radical (unpaired) electrons. The average molecular weight is 315 g/mol. The van der Waals surface area contributed by atoms with Crippen LogP contribution >= 0.6 is 0 Å². The molecule has 0 heterocycles. The molecule has 0 aliphatic rings. The maximum atomic E-state index is 5.30. The van der Waals surface area contributed by atoms with Crippen LogP contribution in [0.2, 0.25) is 0 Å². The Bertz CT molecular complexity index is 588. The van der Waals surface area contributed by atoms with Crippen LogP contribution in [0.5, 0.6) is 17.2 Å². The Morgan fingerprint density at radius 3 is 1.87 bits per heavy atom. The van der Waals surface area contributed by atoms with Gasteiger partial charge in [-0.15, -0.1) is 0 Å². The minimum absolute atomic E-state index is 0.362.